The third-order valence-corrected chi connectivity index (χ3v) is 6.59. The average Bonchev–Trinajstić information content (AvgIpc) is 3.23. The van der Waals surface area contributed by atoms with E-state index in [0.717, 1.165) is 33.8 Å². The highest BCUT2D eigenvalue weighted by Crippen LogP contribution is 2.29. The van der Waals surface area contributed by atoms with Gasteiger partial charge in [-0.2, -0.15) is 0 Å². The predicted molar refractivity (Wildman–Crippen MR) is 125 cm³/mol. The summed E-state index contributed by atoms with van der Waals surface area (Å²) in [7, 11) is 2.99. The number of ether oxygens (including phenoxy) is 2. The van der Waals surface area contributed by atoms with E-state index in [9.17, 15) is 9.59 Å². The lowest BCUT2D eigenvalue weighted by Crippen LogP contribution is -2.39. The number of benzene rings is 1. The first-order valence-electron chi connectivity index (χ1n) is 10.6. The second kappa shape index (κ2) is 9.73. The van der Waals surface area contributed by atoms with E-state index in [2.05, 4.69) is 26.2 Å². The SMILES string of the molecule is COC(=O)C1CCC(NC(=O)c2cnc(OC)c3ccn(Cc4ccc(Br)cc4)c23)CC1. The van der Waals surface area contributed by atoms with Crippen molar-refractivity contribution in [2.75, 3.05) is 14.2 Å². The zero-order valence-electron chi connectivity index (χ0n) is 18.1. The van der Waals surface area contributed by atoms with Crippen LogP contribution in [0.25, 0.3) is 10.9 Å². The van der Waals surface area contributed by atoms with Gasteiger partial charge in [0.25, 0.3) is 5.91 Å². The summed E-state index contributed by atoms with van der Waals surface area (Å²) in [5.74, 6) is 0.0828. The monoisotopic (exact) mass is 499 g/mol. The fourth-order valence-corrected chi connectivity index (χ4v) is 4.61. The largest absolute Gasteiger partial charge is 0.481 e. The van der Waals surface area contributed by atoms with Gasteiger partial charge in [0.2, 0.25) is 5.88 Å². The molecule has 168 valence electrons. The maximum Gasteiger partial charge on any atom is 0.308 e. The number of halogens is 1. The van der Waals surface area contributed by atoms with E-state index >= 15 is 0 Å². The Balaban J connectivity index is 1.57. The molecule has 0 atom stereocenters. The first-order valence-corrected chi connectivity index (χ1v) is 11.4. The molecule has 0 spiro atoms. The van der Waals surface area contributed by atoms with E-state index in [1.807, 2.05) is 41.1 Å². The molecule has 0 unspecified atom stereocenters. The third kappa shape index (κ3) is 4.65. The van der Waals surface area contributed by atoms with Crippen LogP contribution in [0.1, 0.15) is 41.6 Å². The molecule has 1 fully saturated rings. The molecule has 0 radical (unpaired) electrons. The van der Waals surface area contributed by atoms with Crippen molar-refractivity contribution in [1.29, 1.82) is 0 Å². The highest BCUT2D eigenvalue weighted by molar-refractivity contribution is 9.10. The van der Waals surface area contributed by atoms with Gasteiger partial charge in [-0.1, -0.05) is 28.1 Å². The third-order valence-electron chi connectivity index (χ3n) is 6.06. The van der Waals surface area contributed by atoms with Gasteiger partial charge in [0, 0.05) is 29.5 Å². The molecule has 1 aromatic carbocycles. The van der Waals surface area contributed by atoms with Gasteiger partial charge < -0.3 is 19.4 Å². The van der Waals surface area contributed by atoms with Crippen LogP contribution >= 0.6 is 15.9 Å². The number of aromatic nitrogens is 2. The summed E-state index contributed by atoms with van der Waals surface area (Å²) in [5, 5.41) is 3.94. The average molecular weight is 500 g/mol. The van der Waals surface area contributed by atoms with Crippen molar-refractivity contribution in [2.24, 2.45) is 5.92 Å². The van der Waals surface area contributed by atoms with Crippen LogP contribution in [0, 0.1) is 5.92 Å². The molecule has 2 heterocycles. The summed E-state index contributed by atoms with van der Waals surface area (Å²) in [5.41, 5.74) is 2.42. The standard InChI is InChI=1S/C24H26BrN3O4/c1-31-23-19-11-12-28(14-15-3-7-17(25)8-4-15)21(19)20(13-26-23)22(29)27-18-9-5-16(6-10-18)24(30)32-2/h3-4,7-8,11-13,16,18H,5-6,9-10,14H2,1-2H3,(H,27,29). The molecule has 0 saturated heterocycles. The van der Waals surface area contributed by atoms with Crippen molar-refractivity contribution in [3.63, 3.8) is 0 Å². The Hall–Kier alpha value is -2.87. The molecule has 1 amide bonds. The van der Waals surface area contributed by atoms with Crippen LogP contribution in [-0.4, -0.2) is 41.7 Å². The zero-order valence-corrected chi connectivity index (χ0v) is 19.7. The van der Waals surface area contributed by atoms with E-state index in [1.54, 1.807) is 13.3 Å². The fraction of sp³-hybridized carbons (Fsp3) is 0.375. The molecule has 1 aliphatic rings. The van der Waals surface area contributed by atoms with Crippen molar-refractivity contribution in [3.8, 4) is 5.88 Å². The van der Waals surface area contributed by atoms with Crippen molar-refractivity contribution < 1.29 is 19.1 Å². The van der Waals surface area contributed by atoms with Crippen LogP contribution in [-0.2, 0) is 16.1 Å². The minimum atomic E-state index is -0.165. The number of carbonyl (C=O) groups is 2. The summed E-state index contributed by atoms with van der Waals surface area (Å²) in [4.78, 5) is 29.4. The molecule has 1 N–H and O–H groups in total. The fourth-order valence-electron chi connectivity index (χ4n) is 4.35. The number of hydrogen-bond donors (Lipinski definition) is 1. The Morgan fingerprint density at radius 2 is 1.84 bits per heavy atom. The molecule has 0 bridgehead atoms. The molecule has 32 heavy (non-hydrogen) atoms. The normalized spacial score (nSPS) is 18.3. The van der Waals surface area contributed by atoms with Crippen molar-refractivity contribution in [1.82, 2.24) is 14.9 Å². The van der Waals surface area contributed by atoms with E-state index in [4.69, 9.17) is 9.47 Å². The first kappa shape index (κ1) is 22.3. The number of hydrogen-bond acceptors (Lipinski definition) is 5. The Bertz CT molecular complexity index is 1120. The minimum Gasteiger partial charge on any atom is -0.481 e. The number of carbonyl (C=O) groups excluding carboxylic acids is 2. The predicted octanol–water partition coefficient (Wildman–Crippen LogP) is 4.32. The molecule has 0 aliphatic heterocycles. The smallest absolute Gasteiger partial charge is 0.308 e. The van der Waals surface area contributed by atoms with Crippen molar-refractivity contribution in [2.45, 2.75) is 38.3 Å². The minimum absolute atomic E-state index is 0.0236. The second-order valence-electron chi connectivity index (χ2n) is 8.06. The van der Waals surface area contributed by atoms with Gasteiger partial charge in [0.05, 0.1) is 36.6 Å². The highest BCUT2D eigenvalue weighted by Gasteiger charge is 2.28. The summed E-state index contributed by atoms with van der Waals surface area (Å²) in [6.45, 7) is 0.620. The Morgan fingerprint density at radius 3 is 2.50 bits per heavy atom. The molecule has 7 nitrogen and oxygen atoms in total. The van der Waals surface area contributed by atoms with E-state index in [0.29, 0.717) is 30.8 Å². The number of pyridine rings is 1. The maximum absolute atomic E-state index is 13.2. The topological polar surface area (TPSA) is 82.4 Å². The Kier molecular flexibility index (Phi) is 6.79. The Morgan fingerprint density at radius 1 is 1.12 bits per heavy atom. The van der Waals surface area contributed by atoms with E-state index < -0.39 is 0 Å². The summed E-state index contributed by atoms with van der Waals surface area (Å²) < 4.78 is 13.4. The van der Waals surface area contributed by atoms with E-state index in [-0.39, 0.29) is 23.8 Å². The molecule has 3 aromatic rings. The van der Waals surface area contributed by atoms with Gasteiger partial charge in [-0.05, 0) is 49.4 Å². The number of rotatable bonds is 6. The lowest BCUT2D eigenvalue weighted by Gasteiger charge is -2.27. The number of amides is 1. The first-order chi connectivity index (χ1) is 15.5. The molecular formula is C24H26BrN3O4. The quantitative estimate of drug-likeness (QED) is 0.510. The van der Waals surface area contributed by atoms with Crippen LogP contribution < -0.4 is 10.1 Å². The van der Waals surface area contributed by atoms with Gasteiger partial charge in [-0.25, -0.2) is 4.98 Å². The second-order valence-corrected chi connectivity index (χ2v) is 8.97. The molecule has 8 heteroatoms. The van der Waals surface area contributed by atoms with Crippen LogP contribution in [0.4, 0.5) is 0 Å². The molecular weight excluding hydrogens is 474 g/mol. The number of fused-ring (bicyclic) bond motifs is 1. The van der Waals surface area contributed by atoms with Crippen LogP contribution in [0.15, 0.2) is 47.2 Å². The van der Waals surface area contributed by atoms with E-state index in [1.165, 1.54) is 7.11 Å². The summed E-state index contributed by atoms with van der Waals surface area (Å²) >= 11 is 3.47. The number of nitrogens with zero attached hydrogens (tertiary/aromatic N) is 2. The summed E-state index contributed by atoms with van der Waals surface area (Å²) in [6.07, 6.45) is 6.46. The molecule has 2 aromatic heterocycles. The number of esters is 1. The lowest BCUT2D eigenvalue weighted by atomic mass is 9.86. The zero-order chi connectivity index (χ0) is 22.7. The molecule has 1 aliphatic carbocycles. The molecule has 4 rings (SSSR count). The number of methoxy groups -OCH3 is 2. The Labute approximate surface area is 195 Å². The number of nitrogens with one attached hydrogen (secondary N) is 1. The van der Waals surface area contributed by atoms with Crippen molar-refractivity contribution in [3.05, 3.63) is 58.3 Å². The maximum atomic E-state index is 13.2. The van der Waals surface area contributed by atoms with Gasteiger partial charge in [0.1, 0.15) is 0 Å². The van der Waals surface area contributed by atoms with Crippen LogP contribution in [0.2, 0.25) is 0 Å². The van der Waals surface area contributed by atoms with Crippen LogP contribution in [0.3, 0.4) is 0 Å². The van der Waals surface area contributed by atoms with Gasteiger partial charge >= 0.3 is 5.97 Å². The highest BCUT2D eigenvalue weighted by atomic mass is 79.9. The van der Waals surface area contributed by atoms with Gasteiger partial charge in [0.15, 0.2) is 0 Å². The van der Waals surface area contributed by atoms with Crippen LogP contribution in [0.5, 0.6) is 5.88 Å². The summed E-state index contributed by atoms with van der Waals surface area (Å²) in [6, 6.07) is 10.1. The lowest BCUT2D eigenvalue weighted by molar-refractivity contribution is -0.146. The van der Waals surface area contributed by atoms with Crippen molar-refractivity contribution >= 4 is 38.7 Å². The van der Waals surface area contributed by atoms with Gasteiger partial charge in [-0.3, -0.25) is 9.59 Å². The molecule has 1 saturated carbocycles. The van der Waals surface area contributed by atoms with Gasteiger partial charge in [-0.15, -0.1) is 0 Å².